The Morgan fingerprint density at radius 1 is 1.19 bits per heavy atom. The van der Waals surface area contributed by atoms with Gasteiger partial charge in [-0.05, 0) is 26.0 Å². The molecule has 0 aliphatic carbocycles. The number of nitrogens with zero attached hydrogens (tertiary/aromatic N) is 5. The predicted octanol–water partition coefficient (Wildman–Crippen LogP) is -0.363. The fourth-order valence-electron chi connectivity index (χ4n) is 4.70. The molecule has 0 bridgehead atoms. The van der Waals surface area contributed by atoms with Gasteiger partial charge >= 0.3 is 18.0 Å². The summed E-state index contributed by atoms with van der Waals surface area (Å²) in [5.74, 6) is -6.75. The van der Waals surface area contributed by atoms with Crippen LogP contribution in [-0.4, -0.2) is 123 Å². The first-order valence-electron chi connectivity index (χ1n) is 13.3. The number of carbonyl (C=O) groups is 6. The van der Waals surface area contributed by atoms with Crippen molar-refractivity contribution < 1.29 is 54.0 Å². The Kier molecular flexibility index (Phi) is 8.49. The summed E-state index contributed by atoms with van der Waals surface area (Å²) in [7, 11) is 0. The van der Waals surface area contributed by atoms with Gasteiger partial charge in [0.1, 0.15) is 17.1 Å². The number of β-lactam (4-membered cyclic amide) rings is 1. The van der Waals surface area contributed by atoms with Crippen molar-refractivity contribution in [3.63, 3.8) is 0 Å². The number of hydrogen-bond donors (Lipinski definition) is 7. The first-order valence-corrected chi connectivity index (χ1v) is 15.5. The number of aromatic hydroxyl groups is 2. The Morgan fingerprint density at radius 3 is 2.51 bits per heavy atom. The van der Waals surface area contributed by atoms with Gasteiger partial charge in [-0.25, -0.2) is 24.4 Å². The largest absolute Gasteiger partial charge is 0.504 e. The van der Waals surface area contributed by atoms with E-state index in [0.717, 1.165) is 45.1 Å². The van der Waals surface area contributed by atoms with Crippen molar-refractivity contribution in [1.29, 1.82) is 0 Å². The van der Waals surface area contributed by atoms with Crippen molar-refractivity contribution >= 4 is 81.2 Å². The number of carbonyl (C=O) groups excluding carboxylic acids is 4. The van der Waals surface area contributed by atoms with E-state index in [4.69, 9.17) is 22.2 Å². The van der Waals surface area contributed by atoms with Crippen LogP contribution in [0.15, 0.2) is 22.7 Å². The van der Waals surface area contributed by atoms with Crippen LogP contribution in [0.3, 0.4) is 0 Å². The molecule has 250 valence electrons. The number of carboxylic acids is 2. The molecule has 3 aliphatic rings. The van der Waals surface area contributed by atoms with Gasteiger partial charge in [-0.1, -0.05) is 28.5 Å². The van der Waals surface area contributed by atoms with Gasteiger partial charge in [-0.2, -0.15) is 0 Å². The van der Waals surface area contributed by atoms with Crippen LogP contribution in [0.2, 0.25) is 5.02 Å². The number of aliphatic carboxylic acids is 2. The number of phenolic OH excluding ortho intramolecular Hbond substituents is 2. The molecule has 3 atom stereocenters. The second-order valence-corrected chi connectivity index (χ2v) is 13.4. The van der Waals surface area contributed by atoms with Gasteiger partial charge in [0.15, 0.2) is 22.3 Å². The van der Waals surface area contributed by atoms with E-state index in [1.165, 1.54) is 24.1 Å². The SMILES string of the molecule is CC(C)(O/N=C(\C(=O)NC1C(=O)N2CC(C(=O)O)(N3CCN(NC(=O)c4ccc(O)c(O)c4Cl)C3=O)S[C@H]12)c1csc(N)n1)C(=O)O. The third-order valence-corrected chi connectivity index (χ3v) is 10.1. The van der Waals surface area contributed by atoms with Crippen LogP contribution in [0, 0.1) is 0 Å². The highest BCUT2D eigenvalue weighted by Crippen LogP contribution is 2.49. The second-order valence-electron chi connectivity index (χ2n) is 10.8. The molecule has 3 fully saturated rings. The Bertz CT molecular complexity index is 1750. The molecule has 47 heavy (non-hydrogen) atoms. The lowest BCUT2D eigenvalue weighted by Gasteiger charge is -2.41. The van der Waals surface area contributed by atoms with Gasteiger partial charge in [-0.15, -0.1) is 11.3 Å². The summed E-state index contributed by atoms with van der Waals surface area (Å²) in [5.41, 5.74) is 5.29. The van der Waals surface area contributed by atoms with Crippen molar-refractivity contribution in [3.8, 4) is 11.5 Å². The van der Waals surface area contributed by atoms with Crippen LogP contribution in [0.25, 0.3) is 0 Å². The number of fused-ring (bicyclic) bond motifs is 1. The number of oxime groups is 1. The molecular formula is C25H25ClN8O11S2. The van der Waals surface area contributed by atoms with Crippen molar-refractivity contribution in [2.24, 2.45) is 5.16 Å². The number of hydrazine groups is 1. The highest BCUT2D eigenvalue weighted by molar-refractivity contribution is 8.02. The molecule has 3 aliphatic heterocycles. The molecule has 2 aromatic rings. The molecular weight excluding hydrogens is 688 g/mol. The van der Waals surface area contributed by atoms with Crippen LogP contribution < -0.4 is 16.5 Å². The summed E-state index contributed by atoms with van der Waals surface area (Å²) in [4.78, 5) is 85.9. The minimum absolute atomic E-state index is 0.0614. The summed E-state index contributed by atoms with van der Waals surface area (Å²) in [6.45, 7) is 1.59. The number of urea groups is 1. The number of anilines is 1. The van der Waals surface area contributed by atoms with E-state index in [1.54, 1.807) is 0 Å². The number of carboxylic acid groups (broad SMARTS) is 2. The summed E-state index contributed by atoms with van der Waals surface area (Å²) in [5, 5.41) is 46.0. The number of thioether (sulfide) groups is 1. The first kappa shape index (κ1) is 33.3. The number of benzene rings is 1. The highest BCUT2D eigenvalue weighted by atomic mass is 35.5. The van der Waals surface area contributed by atoms with Crippen LogP contribution >= 0.6 is 34.7 Å². The summed E-state index contributed by atoms with van der Waals surface area (Å²) >= 11 is 7.62. The Hall–Kier alpha value is -5.02. The normalized spacial score (nSPS) is 22.5. The number of amides is 5. The van der Waals surface area contributed by atoms with E-state index in [-0.39, 0.29) is 29.5 Å². The van der Waals surface area contributed by atoms with E-state index in [9.17, 15) is 49.2 Å². The van der Waals surface area contributed by atoms with Gasteiger partial charge in [0.25, 0.3) is 11.8 Å². The molecule has 0 radical (unpaired) electrons. The zero-order chi connectivity index (χ0) is 34.6. The van der Waals surface area contributed by atoms with E-state index in [2.05, 4.69) is 20.9 Å². The Labute approximate surface area is 276 Å². The quantitative estimate of drug-likeness (QED) is 0.0717. The van der Waals surface area contributed by atoms with Gasteiger partial charge in [-0.3, -0.25) is 24.7 Å². The molecule has 0 saturated carbocycles. The Morgan fingerprint density at radius 2 is 1.89 bits per heavy atom. The number of rotatable bonds is 10. The number of aromatic nitrogens is 1. The molecule has 0 spiro atoms. The fourth-order valence-corrected chi connectivity index (χ4v) is 7.13. The number of thiazole rings is 1. The molecule has 5 amide bonds. The molecule has 3 saturated heterocycles. The Balaban J connectivity index is 1.32. The minimum atomic E-state index is -2.01. The van der Waals surface area contributed by atoms with Gasteiger partial charge < -0.3 is 41.2 Å². The van der Waals surface area contributed by atoms with E-state index < -0.39 is 86.4 Å². The predicted molar refractivity (Wildman–Crippen MR) is 162 cm³/mol. The van der Waals surface area contributed by atoms with Crippen molar-refractivity contribution in [2.75, 3.05) is 25.4 Å². The molecule has 1 aromatic carbocycles. The second kappa shape index (κ2) is 12.0. The fraction of sp³-hybridized carbons (Fsp3) is 0.360. The lowest BCUT2D eigenvalue weighted by molar-refractivity contribution is -0.161. The van der Waals surface area contributed by atoms with E-state index in [1.807, 2.05) is 0 Å². The number of nitrogens with two attached hydrogens (primary N) is 1. The third-order valence-electron chi connectivity index (χ3n) is 7.34. The van der Waals surface area contributed by atoms with Crippen molar-refractivity contribution in [3.05, 3.63) is 33.8 Å². The lowest BCUT2D eigenvalue weighted by Crippen LogP contribution is -2.68. The molecule has 22 heteroatoms. The molecule has 1 aromatic heterocycles. The van der Waals surface area contributed by atoms with Gasteiger partial charge in [0, 0.05) is 11.9 Å². The number of nitrogen functional groups attached to an aromatic ring is 1. The first-order chi connectivity index (χ1) is 22.0. The van der Waals surface area contributed by atoms with Crippen molar-refractivity contribution in [1.82, 2.24) is 30.5 Å². The molecule has 5 rings (SSSR count). The number of nitrogens with one attached hydrogen (secondary N) is 2. The zero-order valence-electron chi connectivity index (χ0n) is 24.2. The summed E-state index contributed by atoms with van der Waals surface area (Å²) in [6.07, 6.45) is 0. The molecule has 4 heterocycles. The highest BCUT2D eigenvalue weighted by Gasteiger charge is 2.66. The number of halogens is 1. The maximum absolute atomic E-state index is 13.4. The monoisotopic (exact) mass is 712 g/mol. The molecule has 19 nitrogen and oxygen atoms in total. The molecule has 8 N–H and O–H groups in total. The summed E-state index contributed by atoms with van der Waals surface area (Å²) < 4.78 is 0. The zero-order valence-corrected chi connectivity index (χ0v) is 26.6. The van der Waals surface area contributed by atoms with E-state index >= 15 is 0 Å². The third kappa shape index (κ3) is 5.76. The lowest BCUT2D eigenvalue weighted by atomic mass is 10.1. The van der Waals surface area contributed by atoms with Crippen LogP contribution in [0.1, 0.15) is 29.9 Å². The summed E-state index contributed by atoms with van der Waals surface area (Å²) in [6, 6.07) is -0.0679. The maximum Gasteiger partial charge on any atom is 0.350 e. The average molecular weight is 713 g/mol. The van der Waals surface area contributed by atoms with E-state index in [0.29, 0.717) is 0 Å². The topological polar surface area (TPSA) is 278 Å². The van der Waals surface area contributed by atoms with Crippen LogP contribution in [0.4, 0.5) is 9.93 Å². The van der Waals surface area contributed by atoms with Gasteiger partial charge in [0.2, 0.25) is 16.4 Å². The standard InChI is InChI=1S/C25H25ClN8O11S2/c1-24(2,20(40)41)45-31-13(10-7-46-22(27)28-10)17(38)29-14-18(39)32-8-25(21(42)43,47-19(14)32)33-5-6-34(23(33)44)30-16(37)9-3-4-11(35)15(36)12(9)26/h3-4,7,14,19,35-36H,5-6,8H2,1-2H3,(H2,27,28)(H,29,38)(H,30,37)(H,40,41)(H,42,43)/b31-13-/t14?,19-,25?/m1/s1. The smallest absolute Gasteiger partial charge is 0.350 e. The van der Waals surface area contributed by atoms with Crippen LogP contribution in [0.5, 0.6) is 11.5 Å². The number of hydrogen-bond acceptors (Lipinski definition) is 14. The van der Waals surface area contributed by atoms with Gasteiger partial charge in [0.05, 0.1) is 23.7 Å². The van der Waals surface area contributed by atoms with Crippen LogP contribution in [-0.2, 0) is 24.0 Å². The number of phenols is 2. The molecule has 2 unspecified atom stereocenters. The van der Waals surface area contributed by atoms with Crippen molar-refractivity contribution in [2.45, 2.75) is 35.7 Å². The average Bonchev–Trinajstić information content (AvgIpc) is 3.70. The maximum atomic E-state index is 13.4. The minimum Gasteiger partial charge on any atom is -0.504 e.